The van der Waals surface area contributed by atoms with Crippen LogP contribution in [-0.2, 0) is 4.79 Å². The first-order valence-electron chi connectivity index (χ1n) is 8.86. The third-order valence-electron chi connectivity index (χ3n) is 4.52. The van der Waals surface area contributed by atoms with E-state index in [1.54, 1.807) is 24.0 Å². The molecule has 0 atom stereocenters. The molecular weight excluding hydrogens is 372 g/mol. The van der Waals surface area contributed by atoms with E-state index in [9.17, 15) is 13.6 Å². The molecule has 3 rings (SSSR count). The van der Waals surface area contributed by atoms with Crippen molar-refractivity contribution < 1.29 is 27.6 Å². The summed E-state index contributed by atoms with van der Waals surface area (Å²) in [4.78, 5) is 18.4. The van der Waals surface area contributed by atoms with E-state index in [1.807, 2.05) is 0 Å². The molecule has 7 nitrogen and oxygen atoms in total. The molecule has 0 spiro atoms. The van der Waals surface area contributed by atoms with Crippen LogP contribution in [0.5, 0.6) is 11.5 Å². The van der Waals surface area contributed by atoms with Crippen molar-refractivity contribution in [3.63, 3.8) is 0 Å². The van der Waals surface area contributed by atoms with Crippen molar-refractivity contribution in [2.24, 2.45) is 0 Å². The van der Waals surface area contributed by atoms with Gasteiger partial charge in [-0.15, -0.1) is 0 Å². The Bertz CT molecular complexity index is 845. The van der Waals surface area contributed by atoms with E-state index < -0.39 is 6.61 Å². The number of hydrogen-bond acceptors (Lipinski definition) is 6. The minimum atomic E-state index is -2.93. The Balaban J connectivity index is 1.58. The Morgan fingerprint density at radius 1 is 1.32 bits per heavy atom. The van der Waals surface area contributed by atoms with Crippen molar-refractivity contribution in [3.8, 4) is 11.5 Å². The topological polar surface area (TPSA) is 77.7 Å². The van der Waals surface area contributed by atoms with Gasteiger partial charge in [0.1, 0.15) is 0 Å². The first kappa shape index (κ1) is 19.8. The second kappa shape index (κ2) is 8.81. The van der Waals surface area contributed by atoms with Gasteiger partial charge in [0, 0.05) is 25.1 Å². The fourth-order valence-electron chi connectivity index (χ4n) is 3.08. The molecule has 2 aromatic rings. The molecule has 0 saturated carbocycles. The average molecular weight is 393 g/mol. The molecule has 1 aromatic heterocycles. The summed E-state index contributed by atoms with van der Waals surface area (Å²) < 4.78 is 39.4. The highest BCUT2D eigenvalue weighted by molar-refractivity contribution is 5.92. The third kappa shape index (κ3) is 4.85. The quantitative estimate of drug-likeness (QED) is 0.700. The van der Waals surface area contributed by atoms with E-state index >= 15 is 0 Å². The van der Waals surface area contributed by atoms with Crippen molar-refractivity contribution in [2.45, 2.75) is 32.3 Å². The molecule has 0 unspecified atom stereocenters. The lowest BCUT2D eigenvalue weighted by molar-refractivity contribution is -0.127. The highest BCUT2D eigenvalue weighted by Crippen LogP contribution is 2.30. The van der Waals surface area contributed by atoms with Gasteiger partial charge in [-0.05, 0) is 43.5 Å². The van der Waals surface area contributed by atoms with Crippen molar-refractivity contribution >= 4 is 12.0 Å². The predicted molar refractivity (Wildman–Crippen MR) is 96.3 cm³/mol. The molecule has 1 fully saturated rings. The number of carbonyl (C=O) groups excluding carboxylic acids is 1. The van der Waals surface area contributed by atoms with Gasteiger partial charge < -0.3 is 18.9 Å². The zero-order chi connectivity index (χ0) is 20.1. The van der Waals surface area contributed by atoms with Crippen LogP contribution in [-0.4, -0.2) is 47.8 Å². The summed E-state index contributed by atoms with van der Waals surface area (Å²) in [5, 5.41) is 3.81. The smallest absolute Gasteiger partial charge is 0.387 e. The second-order valence-electron chi connectivity index (χ2n) is 6.40. The summed E-state index contributed by atoms with van der Waals surface area (Å²) in [6.45, 7) is 0.0350. The molecule has 0 N–H and O–H groups in total. The summed E-state index contributed by atoms with van der Waals surface area (Å²) in [7, 11) is 1.36. The van der Waals surface area contributed by atoms with E-state index in [0.29, 0.717) is 30.4 Å². The number of amides is 1. The molecule has 1 aliphatic heterocycles. The fourth-order valence-corrected chi connectivity index (χ4v) is 3.08. The van der Waals surface area contributed by atoms with E-state index in [4.69, 9.17) is 9.26 Å². The Hall–Kier alpha value is -2.97. The number of nitrogens with zero attached hydrogens (tertiary/aromatic N) is 3. The van der Waals surface area contributed by atoms with Crippen molar-refractivity contribution in [3.05, 3.63) is 41.6 Å². The maximum Gasteiger partial charge on any atom is 0.387 e. The highest BCUT2D eigenvalue weighted by atomic mass is 19.3. The van der Waals surface area contributed by atoms with Gasteiger partial charge >= 0.3 is 6.61 Å². The van der Waals surface area contributed by atoms with Crippen LogP contribution in [0.2, 0.25) is 0 Å². The number of ether oxygens (including phenoxy) is 2. The Morgan fingerprint density at radius 2 is 2.07 bits per heavy atom. The largest absolute Gasteiger partial charge is 0.493 e. The first-order chi connectivity index (χ1) is 13.5. The predicted octanol–water partition coefficient (Wildman–Crippen LogP) is 3.41. The van der Waals surface area contributed by atoms with Gasteiger partial charge in [0.15, 0.2) is 17.3 Å². The second-order valence-corrected chi connectivity index (χ2v) is 6.40. The Labute approximate surface area is 160 Å². The zero-order valence-electron chi connectivity index (χ0n) is 15.6. The number of hydrogen-bond donors (Lipinski definition) is 0. The van der Waals surface area contributed by atoms with E-state index in [0.717, 1.165) is 12.8 Å². The number of aryl methyl sites for hydroxylation is 1. The average Bonchev–Trinajstić information content (AvgIpc) is 3.13. The minimum absolute atomic E-state index is 0.0562. The number of carbonyl (C=O) groups is 1. The van der Waals surface area contributed by atoms with Crippen molar-refractivity contribution in [1.29, 1.82) is 0 Å². The van der Waals surface area contributed by atoms with Crippen LogP contribution < -0.4 is 9.47 Å². The fraction of sp³-hybridized carbons (Fsp3) is 0.421. The van der Waals surface area contributed by atoms with E-state index in [1.165, 1.54) is 25.3 Å². The van der Waals surface area contributed by atoms with Crippen LogP contribution in [0.15, 0.2) is 28.8 Å². The first-order valence-corrected chi connectivity index (χ1v) is 8.86. The molecule has 28 heavy (non-hydrogen) atoms. The molecule has 1 amide bonds. The molecule has 1 saturated heterocycles. The highest BCUT2D eigenvalue weighted by Gasteiger charge is 2.26. The van der Waals surface area contributed by atoms with E-state index in [2.05, 4.69) is 14.9 Å². The summed E-state index contributed by atoms with van der Waals surface area (Å²) in [5.41, 5.74) is 0.642. The Morgan fingerprint density at radius 3 is 2.68 bits per heavy atom. The lowest BCUT2D eigenvalue weighted by atomic mass is 9.96. The number of methoxy groups -OCH3 is 1. The van der Waals surface area contributed by atoms with Crippen LogP contribution in [0, 0.1) is 6.92 Å². The zero-order valence-corrected chi connectivity index (χ0v) is 15.6. The van der Waals surface area contributed by atoms with E-state index in [-0.39, 0.29) is 23.3 Å². The maximum atomic E-state index is 12.4. The Kier molecular flexibility index (Phi) is 6.23. The molecule has 9 heteroatoms. The third-order valence-corrected chi connectivity index (χ3v) is 4.52. The SMILES string of the molecule is COc1cc(/C=C/C(=O)N2CCC(c3nc(C)no3)CC2)ccc1OC(F)F. The van der Waals surface area contributed by atoms with Gasteiger partial charge in [0.25, 0.3) is 0 Å². The van der Waals surface area contributed by atoms with Gasteiger partial charge in [-0.2, -0.15) is 13.8 Å². The van der Waals surface area contributed by atoms with Crippen LogP contribution in [0.3, 0.4) is 0 Å². The van der Waals surface area contributed by atoms with Gasteiger partial charge in [-0.25, -0.2) is 0 Å². The molecule has 2 heterocycles. The number of piperidine rings is 1. The number of benzene rings is 1. The number of alkyl halides is 2. The molecule has 1 aliphatic rings. The van der Waals surface area contributed by atoms with Gasteiger partial charge in [0.05, 0.1) is 7.11 Å². The molecule has 0 radical (unpaired) electrons. The number of rotatable bonds is 6. The standard InChI is InChI=1S/C19H21F2N3O4/c1-12-22-18(28-23-12)14-7-9-24(10-8-14)17(25)6-4-13-3-5-15(27-19(20)21)16(11-13)26-2/h3-6,11,14,19H,7-10H2,1-2H3/b6-4+. The van der Waals surface area contributed by atoms with Crippen LogP contribution in [0.4, 0.5) is 8.78 Å². The maximum absolute atomic E-state index is 12.4. The van der Waals surface area contributed by atoms with Crippen molar-refractivity contribution in [2.75, 3.05) is 20.2 Å². The van der Waals surface area contributed by atoms with Crippen molar-refractivity contribution in [1.82, 2.24) is 15.0 Å². The van der Waals surface area contributed by atoms with Crippen LogP contribution in [0.1, 0.15) is 36.0 Å². The summed E-state index contributed by atoms with van der Waals surface area (Å²) >= 11 is 0. The lowest BCUT2D eigenvalue weighted by Gasteiger charge is -2.29. The van der Waals surface area contributed by atoms with Crippen LogP contribution in [0.25, 0.3) is 6.08 Å². The van der Waals surface area contributed by atoms with Gasteiger partial charge in [-0.1, -0.05) is 11.2 Å². The summed E-state index contributed by atoms with van der Waals surface area (Å²) in [5.74, 6) is 1.40. The molecule has 0 aliphatic carbocycles. The summed E-state index contributed by atoms with van der Waals surface area (Å²) in [6, 6.07) is 4.49. The summed E-state index contributed by atoms with van der Waals surface area (Å²) in [6.07, 6.45) is 4.59. The normalized spacial score (nSPS) is 15.4. The molecule has 1 aromatic carbocycles. The van der Waals surface area contributed by atoms with Gasteiger partial charge in [0.2, 0.25) is 11.8 Å². The monoisotopic (exact) mass is 393 g/mol. The molecular formula is C19H21F2N3O4. The number of likely N-dealkylation sites (tertiary alicyclic amines) is 1. The lowest BCUT2D eigenvalue weighted by Crippen LogP contribution is -2.36. The minimum Gasteiger partial charge on any atom is -0.493 e. The molecule has 0 bridgehead atoms. The van der Waals surface area contributed by atoms with Gasteiger partial charge in [-0.3, -0.25) is 4.79 Å². The number of halogens is 2. The molecule has 150 valence electrons. The van der Waals surface area contributed by atoms with Crippen LogP contribution >= 0.6 is 0 Å². The number of aromatic nitrogens is 2.